The maximum Gasteiger partial charge on any atom is 0.0328 e. The molecule has 0 aliphatic carbocycles. The Morgan fingerprint density at radius 2 is 2.35 bits per heavy atom. The van der Waals surface area contributed by atoms with Crippen LogP contribution in [0.2, 0.25) is 0 Å². The summed E-state index contributed by atoms with van der Waals surface area (Å²) in [6, 6.07) is 4.39. The molecule has 1 aliphatic heterocycles. The zero-order valence-electron chi connectivity index (χ0n) is 11.0. The van der Waals surface area contributed by atoms with Gasteiger partial charge >= 0.3 is 0 Å². The number of rotatable bonds is 6. The molecule has 0 radical (unpaired) electrons. The lowest BCUT2D eigenvalue weighted by Gasteiger charge is -2.34. The van der Waals surface area contributed by atoms with Gasteiger partial charge in [-0.25, -0.2) is 0 Å². The molecular weight excluding hydrogens is 228 g/mol. The summed E-state index contributed by atoms with van der Waals surface area (Å²) < 4.78 is 0. The molecule has 0 aromatic carbocycles. The Hall–Kier alpha value is -0.380. The van der Waals surface area contributed by atoms with Gasteiger partial charge in [-0.2, -0.15) is 0 Å². The zero-order chi connectivity index (χ0) is 12.1. The van der Waals surface area contributed by atoms with Crippen molar-refractivity contribution in [3.05, 3.63) is 22.4 Å². The van der Waals surface area contributed by atoms with Crippen molar-refractivity contribution < 1.29 is 0 Å². The summed E-state index contributed by atoms with van der Waals surface area (Å²) in [5.41, 5.74) is 0.382. The number of hydrogen-bond donors (Lipinski definition) is 1. The van der Waals surface area contributed by atoms with Gasteiger partial charge in [0.2, 0.25) is 0 Å². The summed E-state index contributed by atoms with van der Waals surface area (Å²) in [7, 11) is 0. The van der Waals surface area contributed by atoms with Crippen molar-refractivity contribution in [1.82, 2.24) is 10.2 Å². The summed E-state index contributed by atoms with van der Waals surface area (Å²) in [5.74, 6) is 0. The maximum atomic E-state index is 3.73. The van der Waals surface area contributed by atoms with Gasteiger partial charge < -0.3 is 5.32 Å². The Morgan fingerprint density at radius 3 is 2.88 bits per heavy atom. The third kappa shape index (κ3) is 3.30. The van der Waals surface area contributed by atoms with Crippen LogP contribution in [-0.2, 0) is 6.54 Å². The molecule has 0 saturated carbocycles. The first-order valence-electron chi connectivity index (χ1n) is 6.78. The van der Waals surface area contributed by atoms with E-state index < -0.39 is 0 Å². The van der Waals surface area contributed by atoms with E-state index in [-0.39, 0.29) is 0 Å². The van der Waals surface area contributed by atoms with E-state index in [0.717, 1.165) is 13.1 Å². The van der Waals surface area contributed by atoms with Gasteiger partial charge in [0.05, 0.1) is 0 Å². The van der Waals surface area contributed by atoms with Gasteiger partial charge in [-0.1, -0.05) is 19.9 Å². The summed E-state index contributed by atoms with van der Waals surface area (Å²) in [6.07, 6.45) is 3.92. The van der Waals surface area contributed by atoms with Crippen LogP contribution in [0.3, 0.4) is 0 Å². The average Bonchev–Trinajstić information content (AvgIpc) is 3.00. The number of nitrogens with one attached hydrogen (secondary N) is 1. The zero-order valence-corrected chi connectivity index (χ0v) is 11.9. The highest BCUT2D eigenvalue weighted by Gasteiger charge is 2.32. The first-order valence-corrected chi connectivity index (χ1v) is 7.66. The lowest BCUT2D eigenvalue weighted by molar-refractivity contribution is 0.190. The molecule has 1 atom stereocenters. The molecule has 1 saturated heterocycles. The molecule has 0 spiro atoms. The monoisotopic (exact) mass is 252 g/mol. The van der Waals surface area contributed by atoms with Crippen molar-refractivity contribution in [2.45, 2.75) is 45.2 Å². The van der Waals surface area contributed by atoms with Gasteiger partial charge in [0, 0.05) is 23.5 Å². The molecule has 1 unspecified atom stereocenters. The number of hydrogen-bond acceptors (Lipinski definition) is 3. The predicted octanol–water partition coefficient (Wildman–Crippen LogP) is 3.10. The SMILES string of the molecule is CCN(Cc1cccs1)CC1(CC)CCCN1. The quantitative estimate of drug-likeness (QED) is 0.837. The predicted molar refractivity (Wildman–Crippen MR) is 75.5 cm³/mol. The molecule has 2 heterocycles. The minimum Gasteiger partial charge on any atom is -0.310 e. The van der Waals surface area contributed by atoms with E-state index in [1.165, 1.54) is 37.2 Å². The van der Waals surface area contributed by atoms with Crippen LogP contribution in [0.25, 0.3) is 0 Å². The molecule has 1 aliphatic rings. The van der Waals surface area contributed by atoms with Crippen LogP contribution in [0.5, 0.6) is 0 Å². The van der Waals surface area contributed by atoms with Gasteiger partial charge in [0.1, 0.15) is 0 Å². The van der Waals surface area contributed by atoms with Crippen molar-refractivity contribution >= 4 is 11.3 Å². The lowest BCUT2D eigenvalue weighted by atomic mass is 9.93. The van der Waals surface area contributed by atoms with Crippen molar-refractivity contribution in [2.24, 2.45) is 0 Å². The van der Waals surface area contributed by atoms with E-state index in [4.69, 9.17) is 0 Å². The molecule has 3 heteroatoms. The molecule has 1 aromatic heterocycles. The van der Waals surface area contributed by atoms with E-state index in [9.17, 15) is 0 Å². The first kappa shape index (κ1) is 13.1. The number of thiophene rings is 1. The van der Waals surface area contributed by atoms with Gasteiger partial charge in [-0.3, -0.25) is 4.90 Å². The topological polar surface area (TPSA) is 15.3 Å². The van der Waals surface area contributed by atoms with Crippen molar-refractivity contribution in [3.8, 4) is 0 Å². The summed E-state index contributed by atoms with van der Waals surface area (Å²) >= 11 is 1.87. The molecule has 96 valence electrons. The molecule has 0 amide bonds. The van der Waals surface area contributed by atoms with Gasteiger partial charge in [-0.05, 0) is 43.8 Å². The minimum atomic E-state index is 0.382. The second-order valence-corrected chi connectivity index (χ2v) is 6.08. The van der Waals surface area contributed by atoms with E-state index in [1.54, 1.807) is 0 Å². The van der Waals surface area contributed by atoms with Crippen LogP contribution >= 0.6 is 11.3 Å². The summed E-state index contributed by atoms with van der Waals surface area (Å²) in [6.45, 7) is 9.23. The maximum absolute atomic E-state index is 3.73. The Kier molecular flexibility index (Phi) is 4.60. The molecule has 17 heavy (non-hydrogen) atoms. The molecule has 0 bridgehead atoms. The molecular formula is C14H24N2S. The molecule has 1 fully saturated rings. The fourth-order valence-electron chi connectivity index (χ4n) is 2.75. The van der Waals surface area contributed by atoms with Crippen LogP contribution in [-0.4, -0.2) is 30.1 Å². The van der Waals surface area contributed by atoms with E-state index in [2.05, 4.69) is 41.6 Å². The molecule has 2 nitrogen and oxygen atoms in total. The minimum absolute atomic E-state index is 0.382. The fourth-order valence-corrected chi connectivity index (χ4v) is 3.49. The van der Waals surface area contributed by atoms with Crippen LogP contribution in [0, 0.1) is 0 Å². The smallest absolute Gasteiger partial charge is 0.0328 e. The van der Waals surface area contributed by atoms with E-state index >= 15 is 0 Å². The average molecular weight is 252 g/mol. The second kappa shape index (κ2) is 5.98. The van der Waals surface area contributed by atoms with Crippen LogP contribution in [0.4, 0.5) is 0 Å². The second-order valence-electron chi connectivity index (χ2n) is 5.05. The molecule has 1 aromatic rings. The fraction of sp³-hybridized carbons (Fsp3) is 0.714. The number of nitrogens with zero attached hydrogens (tertiary/aromatic N) is 1. The lowest BCUT2D eigenvalue weighted by Crippen LogP contribution is -2.49. The third-order valence-electron chi connectivity index (χ3n) is 3.94. The molecule has 1 N–H and O–H groups in total. The van der Waals surface area contributed by atoms with Crippen LogP contribution in [0.1, 0.15) is 38.0 Å². The van der Waals surface area contributed by atoms with E-state index in [1.807, 2.05) is 11.3 Å². The first-order chi connectivity index (χ1) is 8.28. The van der Waals surface area contributed by atoms with Crippen molar-refractivity contribution in [3.63, 3.8) is 0 Å². The van der Waals surface area contributed by atoms with Crippen LogP contribution in [0.15, 0.2) is 17.5 Å². The summed E-state index contributed by atoms with van der Waals surface area (Å²) in [4.78, 5) is 4.06. The highest BCUT2D eigenvalue weighted by atomic mass is 32.1. The highest BCUT2D eigenvalue weighted by Crippen LogP contribution is 2.25. The summed E-state index contributed by atoms with van der Waals surface area (Å²) in [5, 5.41) is 5.90. The van der Waals surface area contributed by atoms with Gasteiger partial charge in [0.25, 0.3) is 0 Å². The van der Waals surface area contributed by atoms with E-state index in [0.29, 0.717) is 5.54 Å². The molecule has 2 rings (SSSR count). The Bertz CT molecular complexity index is 315. The Balaban J connectivity index is 1.94. The van der Waals surface area contributed by atoms with Gasteiger partial charge in [0.15, 0.2) is 0 Å². The Morgan fingerprint density at radius 1 is 1.47 bits per heavy atom. The van der Waals surface area contributed by atoms with Crippen molar-refractivity contribution in [1.29, 1.82) is 0 Å². The highest BCUT2D eigenvalue weighted by molar-refractivity contribution is 7.09. The Labute approximate surface area is 109 Å². The number of likely N-dealkylation sites (N-methyl/N-ethyl adjacent to an activating group) is 1. The normalized spacial score (nSPS) is 24.6. The van der Waals surface area contributed by atoms with Gasteiger partial charge in [-0.15, -0.1) is 11.3 Å². The van der Waals surface area contributed by atoms with Crippen molar-refractivity contribution in [2.75, 3.05) is 19.6 Å². The standard InChI is InChI=1S/C14H24N2S/c1-3-14(8-6-9-15-14)12-16(4-2)11-13-7-5-10-17-13/h5,7,10,15H,3-4,6,8-9,11-12H2,1-2H3. The van der Waals surface area contributed by atoms with Crippen LogP contribution < -0.4 is 5.32 Å². The third-order valence-corrected chi connectivity index (χ3v) is 4.80. The largest absolute Gasteiger partial charge is 0.310 e.